The van der Waals surface area contributed by atoms with Gasteiger partial charge in [-0.3, -0.25) is 14.0 Å². The molecule has 0 unspecified atom stereocenters. The summed E-state index contributed by atoms with van der Waals surface area (Å²) in [6.07, 6.45) is -2.57. The molecule has 2 aromatic heterocycles. The van der Waals surface area contributed by atoms with Crippen LogP contribution in [0.2, 0.25) is 0 Å². The molecule has 1 atom stereocenters. The van der Waals surface area contributed by atoms with Crippen LogP contribution < -0.4 is 15.0 Å². The third-order valence-electron chi connectivity index (χ3n) is 4.50. The first-order valence-corrected chi connectivity index (χ1v) is 8.46. The molecule has 4 rings (SSSR count). The quantitative estimate of drug-likeness (QED) is 0.704. The number of nitrogens with one attached hydrogen (secondary N) is 1. The van der Waals surface area contributed by atoms with Gasteiger partial charge in [0, 0.05) is 7.05 Å². The van der Waals surface area contributed by atoms with Gasteiger partial charge in [-0.1, -0.05) is 12.1 Å². The standard InChI is InChI=1S/C18H14F3N5O3/c1-25-11-4-2-3-5-13(11)29-7-10(17(25)28)24-16(27)15-12-6-14(18(19,20)21)22-8-26(12)9-23-15/h2-6,8-10H,7H2,1H3,(H,24,27)/t10-/m0/s1. The van der Waals surface area contributed by atoms with Crippen LogP contribution in [0.3, 0.4) is 0 Å². The van der Waals surface area contributed by atoms with Gasteiger partial charge in [-0.2, -0.15) is 13.2 Å². The van der Waals surface area contributed by atoms with Gasteiger partial charge in [0.2, 0.25) is 0 Å². The van der Waals surface area contributed by atoms with Crippen molar-refractivity contribution in [3.63, 3.8) is 0 Å². The fourth-order valence-electron chi connectivity index (χ4n) is 3.01. The summed E-state index contributed by atoms with van der Waals surface area (Å²) in [5.74, 6) is -0.744. The van der Waals surface area contributed by atoms with Crippen molar-refractivity contribution in [2.75, 3.05) is 18.6 Å². The summed E-state index contributed by atoms with van der Waals surface area (Å²) in [6.45, 7) is -0.132. The summed E-state index contributed by atoms with van der Waals surface area (Å²) >= 11 is 0. The molecule has 2 amide bonds. The normalized spacial score (nSPS) is 16.9. The zero-order chi connectivity index (χ0) is 20.8. The van der Waals surface area contributed by atoms with Crippen molar-refractivity contribution in [3.8, 4) is 5.75 Å². The topological polar surface area (TPSA) is 88.8 Å². The lowest BCUT2D eigenvalue weighted by Gasteiger charge is -2.20. The van der Waals surface area contributed by atoms with Gasteiger partial charge in [-0.15, -0.1) is 0 Å². The Morgan fingerprint density at radius 2 is 1.97 bits per heavy atom. The number of anilines is 1. The van der Waals surface area contributed by atoms with E-state index in [4.69, 9.17) is 4.74 Å². The number of amides is 2. The first-order valence-electron chi connectivity index (χ1n) is 8.46. The van der Waals surface area contributed by atoms with Crippen LogP contribution in [0, 0.1) is 0 Å². The van der Waals surface area contributed by atoms with Crippen molar-refractivity contribution in [1.29, 1.82) is 0 Å². The lowest BCUT2D eigenvalue weighted by atomic mass is 10.2. The number of rotatable bonds is 2. The number of fused-ring (bicyclic) bond motifs is 2. The highest BCUT2D eigenvalue weighted by Crippen LogP contribution is 2.30. The van der Waals surface area contributed by atoms with Crippen molar-refractivity contribution in [3.05, 3.63) is 54.4 Å². The molecule has 0 saturated heterocycles. The summed E-state index contributed by atoms with van der Waals surface area (Å²) in [5.41, 5.74) is -0.940. The number of benzene rings is 1. The van der Waals surface area contributed by atoms with E-state index in [2.05, 4.69) is 15.3 Å². The number of aromatic nitrogens is 3. The number of para-hydroxylation sites is 2. The molecule has 29 heavy (non-hydrogen) atoms. The summed E-state index contributed by atoms with van der Waals surface area (Å²) in [7, 11) is 1.54. The molecule has 3 aromatic rings. The molecule has 11 heteroatoms. The van der Waals surface area contributed by atoms with E-state index in [1.807, 2.05) is 0 Å². The second kappa shape index (κ2) is 6.76. The van der Waals surface area contributed by atoms with Crippen molar-refractivity contribution in [2.24, 2.45) is 0 Å². The Kier molecular flexibility index (Phi) is 4.36. The summed E-state index contributed by atoms with van der Waals surface area (Å²) in [5, 5.41) is 2.49. The highest BCUT2D eigenvalue weighted by atomic mass is 19.4. The van der Waals surface area contributed by atoms with Gasteiger partial charge in [0.1, 0.15) is 36.7 Å². The maximum absolute atomic E-state index is 12.9. The van der Waals surface area contributed by atoms with Gasteiger partial charge in [-0.05, 0) is 18.2 Å². The van der Waals surface area contributed by atoms with Gasteiger partial charge >= 0.3 is 6.18 Å². The van der Waals surface area contributed by atoms with Crippen LogP contribution in [0.4, 0.5) is 18.9 Å². The minimum Gasteiger partial charge on any atom is -0.489 e. The molecule has 3 heterocycles. The Bertz CT molecular complexity index is 1110. The Morgan fingerprint density at radius 3 is 2.72 bits per heavy atom. The lowest BCUT2D eigenvalue weighted by Crippen LogP contribution is -2.49. The first-order chi connectivity index (χ1) is 13.8. The van der Waals surface area contributed by atoms with E-state index >= 15 is 0 Å². The summed E-state index contributed by atoms with van der Waals surface area (Å²) in [6, 6.07) is 6.58. The third-order valence-corrected chi connectivity index (χ3v) is 4.50. The van der Waals surface area contributed by atoms with Crippen LogP contribution >= 0.6 is 0 Å². The molecule has 0 bridgehead atoms. The maximum Gasteiger partial charge on any atom is 0.433 e. The van der Waals surface area contributed by atoms with Crippen LogP contribution in [-0.4, -0.2) is 45.9 Å². The molecule has 8 nitrogen and oxygen atoms in total. The lowest BCUT2D eigenvalue weighted by molar-refractivity contribution is -0.141. The van der Waals surface area contributed by atoms with Crippen LogP contribution in [0.5, 0.6) is 5.75 Å². The minimum absolute atomic E-state index is 0.0801. The molecule has 0 spiro atoms. The first kappa shape index (κ1) is 18.7. The molecule has 0 aliphatic carbocycles. The monoisotopic (exact) mass is 405 g/mol. The SMILES string of the molecule is CN1C(=O)[C@@H](NC(=O)c2ncn3cnc(C(F)(F)F)cc23)COc2ccccc21. The van der Waals surface area contributed by atoms with Gasteiger partial charge in [-0.25, -0.2) is 9.97 Å². The molecule has 0 saturated carbocycles. The number of ether oxygens (including phenoxy) is 1. The highest BCUT2D eigenvalue weighted by Gasteiger charge is 2.34. The largest absolute Gasteiger partial charge is 0.489 e. The molecule has 1 aliphatic heterocycles. The smallest absolute Gasteiger partial charge is 0.433 e. The van der Waals surface area contributed by atoms with E-state index in [1.54, 1.807) is 31.3 Å². The van der Waals surface area contributed by atoms with Gasteiger partial charge in [0.25, 0.3) is 11.8 Å². The molecular formula is C18H14F3N5O3. The van der Waals surface area contributed by atoms with Gasteiger partial charge in [0.05, 0.1) is 11.2 Å². The number of likely N-dealkylation sites (N-methyl/N-ethyl adjacent to an activating group) is 1. The molecule has 1 aliphatic rings. The van der Waals surface area contributed by atoms with E-state index in [-0.39, 0.29) is 17.8 Å². The van der Waals surface area contributed by atoms with Crippen LogP contribution in [0.25, 0.3) is 5.52 Å². The van der Waals surface area contributed by atoms with Gasteiger partial charge in [0.15, 0.2) is 5.69 Å². The number of carbonyl (C=O) groups is 2. The van der Waals surface area contributed by atoms with E-state index in [0.29, 0.717) is 11.4 Å². The van der Waals surface area contributed by atoms with E-state index < -0.39 is 29.7 Å². The molecule has 0 radical (unpaired) electrons. The van der Waals surface area contributed by atoms with Crippen molar-refractivity contribution in [2.45, 2.75) is 12.2 Å². The number of imidazole rings is 1. The van der Waals surface area contributed by atoms with Crippen molar-refractivity contribution in [1.82, 2.24) is 19.7 Å². The molecular weight excluding hydrogens is 391 g/mol. The second-order valence-corrected chi connectivity index (χ2v) is 6.36. The Balaban J connectivity index is 1.61. The Labute approximate surface area is 161 Å². The zero-order valence-corrected chi connectivity index (χ0v) is 15.0. The predicted octanol–water partition coefficient (Wildman–Crippen LogP) is 1.90. The van der Waals surface area contributed by atoms with Gasteiger partial charge < -0.3 is 15.0 Å². The zero-order valence-electron chi connectivity index (χ0n) is 15.0. The van der Waals surface area contributed by atoms with E-state index in [1.165, 1.54) is 15.6 Å². The summed E-state index contributed by atoms with van der Waals surface area (Å²) in [4.78, 5) is 33.9. The predicted molar refractivity (Wildman–Crippen MR) is 94.6 cm³/mol. The van der Waals surface area contributed by atoms with Crippen molar-refractivity contribution < 1.29 is 27.5 Å². The number of carbonyl (C=O) groups excluding carboxylic acids is 2. The fourth-order valence-corrected chi connectivity index (χ4v) is 3.01. The second-order valence-electron chi connectivity index (χ2n) is 6.36. The average molecular weight is 405 g/mol. The van der Waals surface area contributed by atoms with Crippen molar-refractivity contribution >= 4 is 23.0 Å². The number of hydrogen-bond donors (Lipinski definition) is 1. The third kappa shape index (κ3) is 3.35. The van der Waals surface area contributed by atoms with E-state index in [0.717, 1.165) is 12.4 Å². The molecule has 0 fully saturated rings. The highest BCUT2D eigenvalue weighted by molar-refractivity contribution is 6.04. The molecule has 1 N–H and O–H groups in total. The van der Waals surface area contributed by atoms with Crippen LogP contribution in [-0.2, 0) is 11.0 Å². The van der Waals surface area contributed by atoms with E-state index in [9.17, 15) is 22.8 Å². The number of hydrogen-bond acceptors (Lipinski definition) is 5. The number of alkyl halides is 3. The van der Waals surface area contributed by atoms with Crippen LogP contribution in [0.1, 0.15) is 16.2 Å². The minimum atomic E-state index is -4.67. The van der Waals surface area contributed by atoms with Crippen LogP contribution in [0.15, 0.2) is 43.0 Å². The Morgan fingerprint density at radius 1 is 1.24 bits per heavy atom. The summed E-state index contributed by atoms with van der Waals surface area (Å²) < 4.78 is 45.6. The molecule has 150 valence electrons. The number of nitrogens with zero attached hydrogens (tertiary/aromatic N) is 4. The molecule has 1 aromatic carbocycles. The average Bonchev–Trinajstić information content (AvgIpc) is 3.08. The number of halogens is 3. The Hall–Kier alpha value is -3.63. The fraction of sp³-hybridized carbons (Fsp3) is 0.222. The maximum atomic E-state index is 12.9.